The van der Waals surface area contributed by atoms with Gasteiger partial charge in [0, 0.05) is 29.4 Å². The highest BCUT2D eigenvalue weighted by atomic mass is 35.5. The fraction of sp³-hybridized carbons (Fsp3) is 0.188. The molecule has 6 heteroatoms. The highest BCUT2D eigenvalue weighted by molar-refractivity contribution is 6.30. The summed E-state index contributed by atoms with van der Waals surface area (Å²) in [4.78, 5) is 11.8. The van der Waals surface area contributed by atoms with E-state index < -0.39 is 11.6 Å². The summed E-state index contributed by atoms with van der Waals surface area (Å²) in [5, 5.41) is 6.24. The molecule has 0 saturated heterocycles. The summed E-state index contributed by atoms with van der Waals surface area (Å²) in [5.41, 5.74) is 1.99. The fourth-order valence-electron chi connectivity index (χ4n) is 1.91. The van der Waals surface area contributed by atoms with E-state index in [-0.39, 0.29) is 12.3 Å². The van der Waals surface area contributed by atoms with E-state index in [1.165, 1.54) is 6.07 Å². The fourth-order valence-corrected chi connectivity index (χ4v) is 2.13. The Morgan fingerprint density at radius 3 is 2.59 bits per heavy atom. The van der Waals surface area contributed by atoms with Crippen molar-refractivity contribution >= 4 is 28.9 Å². The Labute approximate surface area is 132 Å². The molecule has 0 radical (unpaired) electrons. The zero-order valence-electron chi connectivity index (χ0n) is 11.9. The van der Waals surface area contributed by atoms with Crippen molar-refractivity contribution in [3.8, 4) is 0 Å². The molecular formula is C16H15ClF2N2O. The topological polar surface area (TPSA) is 41.1 Å². The van der Waals surface area contributed by atoms with Gasteiger partial charge in [0.05, 0.1) is 0 Å². The van der Waals surface area contributed by atoms with Crippen molar-refractivity contribution in [1.29, 1.82) is 0 Å². The number of amides is 1. The van der Waals surface area contributed by atoms with Gasteiger partial charge in [0.1, 0.15) is 0 Å². The predicted molar refractivity (Wildman–Crippen MR) is 84.3 cm³/mol. The summed E-state index contributed by atoms with van der Waals surface area (Å²) in [6.45, 7) is 2.16. The molecule has 1 amide bonds. The van der Waals surface area contributed by atoms with Gasteiger partial charge in [-0.25, -0.2) is 8.78 Å². The van der Waals surface area contributed by atoms with Crippen molar-refractivity contribution in [2.45, 2.75) is 13.3 Å². The van der Waals surface area contributed by atoms with Crippen LogP contribution in [-0.4, -0.2) is 12.5 Å². The molecular weight excluding hydrogens is 310 g/mol. The maximum absolute atomic E-state index is 13.0. The van der Waals surface area contributed by atoms with Crippen LogP contribution in [0.4, 0.5) is 20.2 Å². The van der Waals surface area contributed by atoms with E-state index in [0.29, 0.717) is 22.9 Å². The van der Waals surface area contributed by atoms with E-state index in [9.17, 15) is 13.6 Å². The highest BCUT2D eigenvalue weighted by Crippen LogP contribution is 2.19. The summed E-state index contributed by atoms with van der Waals surface area (Å²) in [7, 11) is 0. The minimum Gasteiger partial charge on any atom is -0.384 e. The largest absolute Gasteiger partial charge is 0.384 e. The van der Waals surface area contributed by atoms with Gasteiger partial charge < -0.3 is 10.6 Å². The van der Waals surface area contributed by atoms with Crippen LogP contribution >= 0.6 is 11.6 Å². The van der Waals surface area contributed by atoms with Crippen molar-refractivity contribution in [1.82, 2.24) is 0 Å². The van der Waals surface area contributed by atoms with Crippen molar-refractivity contribution in [2.75, 3.05) is 17.2 Å². The van der Waals surface area contributed by atoms with Crippen LogP contribution in [0.1, 0.15) is 12.0 Å². The third-order valence-electron chi connectivity index (χ3n) is 3.06. The minimum absolute atomic E-state index is 0.180. The lowest BCUT2D eigenvalue weighted by atomic mass is 10.2. The summed E-state index contributed by atoms with van der Waals surface area (Å²) in [5.74, 6) is -2.01. The van der Waals surface area contributed by atoms with Crippen LogP contribution in [-0.2, 0) is 4.79 Å². The van der Waals surface area contributed by atoms with Crippen molar-refractivity contribution in [3.05, 3.63) is 58.6 Å². The SMILES string of the molecule is Cc1cc(Cl)ccc1NC(=O)CCNc1ccc(F)c(F)c1. The number of nitrogens with one attached hydrogen (secondary N) is 2. The molecule has 116 valence electrons. The maximum Gasteiger partial charge on any atom is 0.226 e. The van der Waals surface area contributed by atoms with Crippen LogP contribution in [0.15, 0.2) is 36.4 Å². The first kappa shape index (κ1) is 16.2. The molecule has 2 aromatic carbocycles. The number of carbonyl (C=O) groups excluding carboxylic acids is 1. The van der Waals surface area contributed by atoms with Crippen LogP contribution in [0.2, 0.25) is 5.02 Å². The normalized spacial score (nSPS) is 10.4. The number of hydrogen-bond donors (Lipinski definition) is 2. The van der Waals surface area contributed by atoms with Crippen LogP contribution in [0.25, 0.3) is 0 Å². The standard InChI is InChI=1S/C16H15ClF2N2O/c1-10-8-11(17)2-5-15(10)21-16(22)6-7-20-12-3-4-13(18)14(19)9-12/h2-5,8-9,20H,6-7H2,1H3,(H,21,22). The van der Waals surface area contributed by atoms with E-state index in [4.69, 9.17) is 11.6 Å². The summed E-state index contributed by atoms with van der Waals surface area (Å²) in [6, 6.07) is 8.70. The number of carbonyl (C=O) groups is 1. The highest BCUT2D eigenvalue weighted by Gasteiger charge is 2.06. The molecule has 0 saturated carbocycles. The number of anilines is 2. The number of rotatable bonds is 5. The molecule has 0 heterocycles. The van der Waals surface area contributed by atoms with Crippen molar-refractivity contribution in [3.63, 3.8) is 0 Å². The Morgan fingerprint density at radius 1 is 1.14 bits per heavy atom. The second-order valence-electron chi connectivity index (χ2n) is 4.81. The number of aryl methyl sites for hydroxylation is 1. The molecule has 0 atom stereocenters. The van der Waals surface area contributed by atoms with Crippen LogP contribution < -0.4 is 10.6 Å². The van der Waals surface area contributed by atoms with Crippen molar-refractivity contribution < 1.29 is 13.6 Å². The zero-order chi connectivity index (χ0) is 16.1. The van der Waals surface area contributed by atoms with Gasteiger partial charge in [0.25, 0.3) is 0 Å². The molecule has 0 spiro atoms. The molecule has 0 aliphatic heterocycles. The van der Waals surface area contributed by atoms with Gasteiger partial charge in [-0.05, 0) is 48.9 Å². The minimum atomic E-state index is -0.925. The monoisotopic (exact) mass is 324 g/mol. The average molecular weight is 325 g/mol. The lowest BCUT2D eigenvalue weighted by Crippen LogP contribution is -2.16. The van der Waals surface area contributed by atoms with Gasteiger partial charge in [-0.1, -0.05) is 11.6 Å². The average Bonchev–Trinajstić information content (AvgIpc) is 2.46. The molecule has 0 aliphatic carbocycles. The number of hydrogen-bond acceptors (Lipinski definition) is 2. The molecule has 2 rings (SSSR count). The van der Waals surface area contributed by atoms with Gasteiger partial charge in [-0.3, -0.25) is 4.79 Å². The summed E-state index contributed by atoms with van der Waals surface area (Å²) < 4.78 is 25.8. The molecule has 22 heavy (non-hydrogen) atoms. The number of halogens is 3. The molecule has 3 nitrogen and oxygen atoms in total. The van der Waals surface area contributed by atoms with Gasteiger partial charge in [0.15, 0.2) is 11.6 Å². The van der Waals surface area contributed by atoms with Crippen LogP contribution in [0.5, 0.6) is 0 Å². The Balaban J connectivity index is 1.83. The Kier molecular flexibility index (Phi) is 5.33. The molecule has 0 fully saturated rings. The first-order valence-corrected chi connectivity index (χ1v) is 7.08. The second-order valence-corrected chi connectivity index (χ2v) is 5.25. The van der Waals surface area contributed by atoms with Crippen LogP contribution in [0.3, 0.4) is 0 Å². The Morgan fingerprint density at radius 2 is 1.91 bits per heavy atom. The molecule has 0 bridgehead atoms. The molecule has 2 N–H and O–H groups in total. The quantitative estimate of drug-likeness (QED) is 0.857. The Hall–Kier alpha value is -2.14. The maximum atomic E-state index is 13.0. The lowest BCUT2D eigenvalue weighted by Gasteiger charge is -2.10. The Bertz CT molecular complexity index is 692. The van der Waals surface area contributed by atoms with E-state index in [2.05, 4.69) is 10.6 Å². The predicted octanol–water partition coefficient (Wildman–Crippen LogP) is 4.37. The molecule has 0 aromatic heterocycles. The molecule has 2 aromatic rings. The second kappa shape index (κ2) is 7.22. The molecule has 0 aliphatic rings. The van der Waals surface area contributed by atoms with Crippen LogP contribution in [0, 0.1) is 18.6 Å². The summed E-state index contributed by atoms with van der Waals surface area (Å²) >= 11 is 5.85. The van der Waals surface area contributed by atoms with E-state index in [1.54, 1.807) is 18.2 Å². The molecule has 0 unspecified atom stereocenters. The van der Waals surface area contributed by atoms with Gasteiger partial charge >= 0.3 is 0 Å². The third kappa shape index (κ3) is 4.43. The number of benzene rings is 2. The van der Waals surface area contributed by atoms with Gasteiger partial charge in [-0.2, -0.15) is 0 Å². The smallest absolute Gasteiger partial charge is 0.226 e. The van der Waals surface area contributed by atoms with Gasteiger partial charge in [-0.15, -0.1) is 0 Å². The van der Waals surface area contributed by atoms with Crippen molar-refractivity contribution in [2.24, 2.45) is 0 Å². The lowest BCUT2D eigenvalue weighted by molar-refractivity contribution is -0.115. The first-order chi connectivity index (χ1) is 10.5. The first-order valence-electron chi connectivity index (χ1n) is 6.70. The van der Waals surface area contributed by atoms with E-state index in [1.807, 2.05) is 6.92 Å². The van der Waals surface area contributed by atoms with E-state index >= 15 is 0 Å². The van der Waals surface area contributed by atoms with E-state index in [0.717, 1.165) is 17.7 Å². The van der Waals surface area contributed by atoms with Gasteiger partial charge in [0.2, 0.25) is 5.91 Å². The summed E-state index contributed by atoms with van der Waals surface area (Å²) in [6.07, 6.45) is 0.195. The zero-order valence-corrected chi connectivity index (χ0v) is 12.7. The third-order valence-corrected chi connectivity index (χ3v) is 3.30.